The lowest BCUT2D eigenvalue weighted by molar-refractivity contribution is 1.24. The number of nitrogens with zero attached hydrogens (tertiary/aromatic N) is 3. The van der Waals surface area contributed by atoms with Gasteiger partial charge in [0.25, 0.3) is 0 Å². The molecular weight excluding hydrogens is 292 g/mol. The van der Waals surface area contributed by atoms with Gasteiger partial charge in [-0.1, -0.05) is 66.4 Å². The molecule has 0 atom stereocenters. The molecule has 4 nitrogen and oxygen atoms in total. The van der Waals surface area contributed by atoms with Crippen molar-refractivity contribution in [3.8, 4) is 6.07 Å². The van der Waals surface area contributed by atoms with Crippen LogP contribution in [0.3, 0.4) is 0 Å². The Labute approximate surface area is 134 Å². The van der Waals surface area contributed by atoms with Gasteiger partial charge in [-0.15, -0.1) is 5.10 Å². The van der Waals surface area contributed by atoms with Gasteiger partial charge in [-0.25, -0.2) is 0 Å². The van der Waals surface area contributed by atoms with Crippen molar-refractivity contribution in [1.29, 1.82) is 5.26 Å². The number of rotatable bonds is 5. The minimum absolute atomic E-state index is 0.415. The van der Waals surface area contributed by atoms with Crippen molar-refractivity contribution in [2.24, 2.45) is 15.9 Å². The predicted molar refractivity (Wildman–Crippen MR) is 92.7 cm³/mol. The SMILES string of the molecule is N#CCc1ccc(C=NN=C(N)SCc2ccccc2)cc1. The third kappa shape index (κ3) is 5.43. The molecule has 110 valence electrons. The van der Waals surface area contributed by atoms with Gasteiger partial charge >= 0.3 is 0 Å². The van der Waals surface area contributed by atoms with Crippen LogP contribution in [0.5, 0.6) is 0 Å². The monoisotopic (exact) mass is 308 g/mol. The fraction of sp³-hybridized carbons (Fsp3) is 0.118. The van der Waals surface area contributed by atoms with Crippen LogP contribution in [0.2, 0.25) is 0 Å². The second kappa shape index (κ2) is 8.65. The Morgan fingerprint density at radius 2 is 1.82 bits per heavy atom. The molecule has 0 saturated carbocycles. The maximum Gasteiger partial charge on any atom is 0.180 e. The molecular formula is C17H16N4S. The van der Waals surface area contributed by atoms with Crippen LogP contribution >= 0.6 is 11.8 Å². The van der Waals surface area contributed by atoms with Crippen LogP contribution in [0, 0.1) is 11.3 Å². The maximum atomic E-state index is 8.61. The average molecular weight is 308 g/mol. The van der Waals surface area contributed by atoms with Gasteiger partial charge in [-0.05, 0) is 16.7 Å². The molecule has 0 aliphatic heterocycles. The Morgan fingerprint density at radius 1 is 1.09 bits per heavy atom. The maximum absolute atomic E-state index is 8.61. The van der Waals surface area contributed by atoms with Gasteiger partial charge in [-0.2, -0.15) is 10.4 Å². The number of amidine groups is 1. The van der Waals surface area contributed by atoms with E-state index in [9.17, 15) is 0 Å². The lowest BCUT2D eigenvalue weighted by Gasteiger charge is -1.99. The summed E-state index contributed by atoms with van der Waals surface area (Å²) in [5.74, 6) is 0.772. The van der Waals surface area contributed by atoms with Crippen LogP contribution in [0.15, 0.2) is 64.8 Å². The van der Waals surface area contributed by atoms with Gasteiger partial charge in [0.1, 0.15) is 0 Å². The molecule has 0 heterocycles. The van der Waals surface area contributed by atoms with E-state index in [-0.39, 0.29) is 0 Å². The number of benzene rings is 2. The van der Waals surface area contributed by atoms with Gasteiger partial charge in [0.2, 0.25) is 0 Å². The number of thioether (sulfide) groups is 1. The molecule has 0 saturated heterocycles. The van der Waals surface area contributed by atoms with Crippen molar-refractivity contribution >= 4 is 23.1 Å². The van der Waals surface area contributed by atoms with E-state index >= 15 is 0 Å². The topological polar surface area (TPSA) is 74.5 Å². The van der Waals surface area contributed by atoms with Crippen LogP contribution in [-0.2, 0) is 12.2 Å². The standard InChI is InChI=1S/C17H16N4S/c18-11-10-14-6-8-15(9-7-14)12-20-21-17(19)22-13-16-4-2-1-3-5-16/h1-9,12H,10,13H2,(H2,19,21). The predicted octanol–water partition coefficient (Wildman–Crippen LogP) is 3.33. The molecule has 0 amide bonds. The quantitative estimate of drug-likeness (QED) is 0.523. The fourth-order valence-corrected chi connectivity index (χ4v) is 2.34. The molecule has 0 bridgehead atoms. The Bertz CT molecular complexity index is 685. The molecule has 0 radical (unpaired) electrons. The molecule has 0 aromatic heterocycles. The van der Waals surface area contributed by atoms with E-state index in [1.807, 2.05) is 54.6 Å². The zero-order valence-corrected chi connectivity index (χ0v) is 12.8. The van der Waals surface area contributed by atoms with Crippen LogP contribution < -0.4 is 5.73 Å². The first-order valence-electron chi connectivity index (χ1n) is 6.77. The van der Waals surface area contributed by atoms with Gasteiger partial charge in [-0.3, -0.25) is 0 Å². The minimum Gasteiger partial charge on any atom is -0.377 e. The number of hydrogen-bond acceptors (Lipinski definition) is 4. The molecule has 0 aliphatic rings. The number of hydrogen-bond donors (Lipinski definition) is 1. The van der Waals surface area contributed by atoms with Crippen LogP contribution in [0.25, 0.3) is 0 Å². The summed E-state index contributed by atoms with van der Waals surface area (Å²) in [7, 11) is 0. The second-order valence-electron chi connectivity index (χ2n) is 4.53. The smallest absolute Gasteiger partial charge is 0.180 e. The number of nitriles is 1. The van der Waals surface area contributed by atoms with Crippen molar-refractivity contribution in [2.75, 3.05) is 0 Å². The summed E-state index contributed by atoms with van der Waals surface area (Å²) in [5.41, 5.74) is 8.92. The Morgan fingerprint density at radius 3 is 2.50 bits per heavy atom. The molecule has 2 aromatic carbocycles. The van der Waals surface area contributed by atoms with E-state index < -0.39 is 0 Å². The third-order valence-electron chi connectivity index (χ3n) is 2.86. The van der Waals surface area contributed by atoms with Gasteiger partial charge in [0.15, 0.2) is 5.17 Å². The molecule has 2 N–H and O–H groups in total. The van der Waals surface area contributed by atoms with Crippen LogP contribution in [0.1, 0.15) is 16.7 Å². The minimum atomic E-state index is 0.415. The van der Waals surface area contributed by atoms with Crippen molar-refractivity contribution < 1.29 is 0 Å². The van der Waals surface area contributed by atoms with E-state index in [2.05, 4.69) is 16.3 Å². The Hall–Kier alpha value is -2.58. The molecule has 0 aliphatic carbocycles. The largest absolute Gasteiger partial charge is 0.377 e. The first kappa shape index (κ1) is 15.8. The van der Waals surface area contributed by atoms with Crippen molar-refractivity contribution in [3.05, 3.63) is 71.3 Å². The summed E-state index contributed by atoms with van der Waals surface area (Å²) in [6, 6.07) is 19.8. The van der Waals surface area contributed by atoms with E-state index in [0.717, 1.165) is 16.9 Å². The van der Waals surface area contributed by atoms with Crippen molar-refractivity contribution in [3.63, 3.8) is 0 Å². The average Bonchev–Trinajstić information content (AvgIpc) is 2.56. The van der Waals surface area contributed by atoms with Crippen LogP contribution in [0.4, 0.5) is 0 Å². The summed E-state index contributed by atoms with van der Waals surface area (Å²) in [4.78, 5) is 0. The molecule has 2 aromatic rings. The van der Waals surface area contributed by atoms with Gasteiger partial charge < -0.3 is 5.73 Å². The number of nitrogens with two attached hydrogens (primary N) is 1. The lowest BCUT2D eigenvalue weighted by atomic mass is 10.1. The summed E-state index contributed by atoms with van der Waals surface area (Å²) in [5, 5.41) is 17.0. The summed E-state index contributed by atoms with van der Waals surface area (Å²) in [6.07, 6.45) is 2.06. The second-order valence-corrected chi connectivity index (χ2v) is 5.53. The molecule has 0 spiro atoms. The van der Waals surface area contributed by atoms with E-state index in [1.54, 1.807) is 6.21 Å². The highest BCUT2D eigenvalue weighted by Crippen LogP contribution is 2.11. The van der Waals surface area contributed by atoms with Gasteiger partial charge in [0.05, 0.1) is 18.7 Å². The zero-order valence-electron chi connectivity index (χ0n) is 12.0. The highest BCUT2D eigenvalue weighted by molar-refractivity contribution is 8.13. The molecule has 0 fully saturated rings. The fourth-order valence-electron chi connectivity index (χ4n) is 1.73. The zero-order chi connectivity index (χ0) is 15.6. The van der Waals surface area contributed by atoms with E-state index in [4.69, 9.17) is 11.0 Å². The highest BCUT2D eigenvalue weighted by Gasteiger charge is 1.96. The molecule has 0 unspecified atom stereocenters. The lowest BCUT2D eigenvalue weighted by Crippen LogP contribution is -2.05. The molecule has 2 rings (SSSR count). The third-order valence-corrected chi connectivity index (χ3v) is 3.71. The van der Waals surface area contributed by atoms with Crippen molar-refractivity contribution in [1.82, 2.24) is 0 Å². The Kier molecular flexibility index (Phi) is 6.21. The summed E-state index contributed by atoms with van der Waals surface area (Å²) >= 11 is 1.45. The van der Waals surface area contributed by atoms with Crippen LogP contribution in [-0.4, -0.2) is 11.4 Å². The van der Waals surface area contributed by atoms with Gasteiger partial charge in [0, 0.05) is 5.75 Å². The summed E-state index contributed by atoms with van der Waals surface area (Å²) in [6.45, 7) is 0. The van der Waals surface area contributed by atoms with E-state index in [1.165, 1.54) is 17.3 Å². The highest BCUT2D eigenvalue weighted by atomic mass is 32.2. The normalized spacial score (nSPS) is 11.5. The molecule has 22 heavy (non-hydrogen) atoms. The van der Waals surface area contributed by atoms with E-state index in [0.29, 0.717) is 11.6 Å². The first-order chi connectivity index (χ1) is 10.8. The Balaban J connectivity index is 1.85. The summed E-state index contributed by atoms with van der Waals surface area (Å²) < 4.78 is 0. The van der Waals surface area contributed by atoms with Crippen molar-refractivity contribution in [2.45, 2.75) is 12.2 Å². The molecule has 5 heteroatoms. The first-order valence-corrected chi connectivity index (χ1v) is 7.75.